The molecule has 2 aromatic heterocycles. The number of unbranched alkanes of at least 4 members (excludes halogenated alkanes) is 1. The van der Waals surface area contributed by atoms with Crippen molar-refractivity contribution >= 4 is 22.2 Å². The quantitative estimate of drug-likeness (QED) is 0.653. The molecule has 0 saturated carbocycles. The molecule has 0 unspecified atom stereocenters. The lowest BCUT2D eigenvalue weighted by atomic mass is 9.99. The molecule has 1 aromatic carbocycles. The van der Waals surface area contributed by atoms with Gasteiger partial charge in [-0.3, -0.25) is 0 Å². The number of hydrogen-bond acceptors (Lipinski definition) is 2. The lowest BCUT2D eigenvalue weighted by Crippen LogP contribution is -1.99. The maximum absolute atomic E-state index is 5.66. The second-order valence-electron chi connectivity index (χ2n) is 5.65. The number of hydrogen-bond donors (Lipinski definition) is 2. The number of fused-ring (bicyclic) bond motifs is 1. The molecule has 0 aliphatic heterocycles. The van der Waals surface area contributed by atoms with Gasteiger partial charge in [0.25, 0.3) is 0 Å². The molecule has 110 valence electrons. The highest BCUT2D eigenvalue weighted by Gasteiger charge is 2.16. The molecule has 2 nitrogen and oxygen atoms in total. The molecule has 3 rings (SSSR count). The minimum atomic E-state index is 0.773. The molecule has 3 aromatic rings. The maximum atomic E-state index is 5.66. The molecular weight excluding hydrogens is 276 g/mol. The second-order valence-corrected chi connectivity index (χ2v) is 6.60. The Morgan fingerprint density at radius 3 is 2.62 bits per heavy atom. The third-order valence-electron chi connectivity index (χ3n) is 4.12. The molecule has 3 N–H and O–H groups in total. The Morgan fingerprint density at radius 2 is 1.90 bits per heavy atom. The van der Waals surface area contributed by atoms with Gasteiger partial charge >= 0.3 is 0 Å². The summed E-state index contributed by atoms with van der Waals surface area (Å²) >= 11 is 1.80. The van der Waals surface area contributed by atoms with Gasteiger partial charge in [0.2, 0.25) is 0 Å². The number of aromatic nitrogens is 1. The van der Waals surface area contributed by atoms with E-state index in [9.17, 15) is 0 Å². The van der Waals surface area contributed by atoms with Gasteiger partial charge in [-0.1, -0.05) is 18.2 Å². The van der Waals surface area contributed by atoms with Crippen LogP contribution in [0.15, 0.2) is 29.6 Å². The molecule has 0 radical (unpaired) electrons. The smallest absolute Gasteiger partial charge is 0.0598 e. The Morgan fingerprint density at radius 1 is 1.10 bits per heavy atom. The monoisotopic (exact) mass is 298 g/mol. The van der Waals surface area contributed by atoms with Gasteiger partial charge in [0, 0.05) is 10.9 Å². The van der Waals surface area contributed by atoms with Crippen molar-refractivity contribution in [2.45, 2.75) is 33.1 Å². The number of rotatable bonds is 5. The van der Waals surface area contributed by atoms with Gasteiger partial charge in [0.1, 0.15) is 0 Å². The zero-order valence-corrected chi connectivity index (χ0v) is 13.5. The fraction of sp³-hybridized carbons (Fsp3) is 0.333. The molecule has 3 heteroatoms. The van der Waals surface area contributed by atoms with Crippen LogP contribution in [0.4, 0.5) is 0 Å². The first-order valence-corrected chi connectivity index (χ1v) is 8.45. The van der Waals surface area contributed by atoms with E-state index in [2.05, 4.69) is 48.5 Å². The maximum Gasteiger partial charge on any atom is 0.0598 e. The number of thiophene rings is 1. The van der Waals surface area contributed by atoms with E-state index < -0.39 is 0 Å². The fourth-order valence-electron chi connectivity index (χ4n) is 3.01. The van der Waals surface area contributed by atoms with Crippen molar-refractivity contribution in [3.05, 3.63) is 46.3 Å². The number of aromatic amines is 1. The summed E-state index contributed by atoms with van der Waals surface area (Å²) in [5.41, 5.74) is 12.4. The van der Waals surface area contributed by atoms with Gasteiger partial charge in [-0.15, -0.1) is 11.3 Å². The zero-order chi connectivity index (χ0) is 14.8. The van der Waals surface area contributed by atoms with Gasteiger partial charge in [0.15, 0.2) is 0 Å². The summed E-state index contributed by atoms with van der Waals surface area (Å²) in [6, 6.07) is 8.76. The van der Waals surface area contributed by atoms with Crippen LogP contribution in [0.5, 0.6) is 0 Å². The lowest BCUT2D eigenvalue weighted by Gasteiger charge is -2.05. The largest absolute Gasteiger partial charge is 0.353 e. The summed E-state index contributed by atoms with van der Waals surface area (Å²) in [6.07, 6.45) is 3.32. The molecule has 0 aliphatic rings. The van der Waals surface area contributed by atoms with Crippen LogP contribution in [0.3, 0.4) is 0 Å². The second kappa shape index (κ2) is 6.04. The molecule has 0 atom stereocenters. The van der Waals surface area contributed by atoms with Crippen molar-refractivity contribution in [3.63, 3.8) is 0 Å². The molecular formula is C18H22N2S. The average molecular weight is 298 g/mol. The van der Waals surface area contributed by atoms with E-state index in [4.69, 9.17) is 5.73 Å². The van der Waals surface area contributed by atoms with Crippen LogP contribution in [0.25, 0.3) is 21.5 Å². The van der Waals surface area contributed by atoms with Crippen LogP contribution in [-0.2, 0) is 6.42 Å². The average Bonchev–Trinajstić information content (AvgIpc) is 3.11. The van der Waals surface area contributed by atoms with Crippen molar-refractivity contribution in [3.8, 4) is 10.6 Å². The number of H-pyrrole nitrogens is 1. The SMILES string of the molecule is Cc1ccc(C)c2c(CCCCN)c(-c3cccs3)[nH]c12. The number of nitrogens with two attached hydrogens (primary N) is 1. The van der Waals surface area contributed by atoms with E-state index in [1.54, 1.807) is 11.3 Å². The Balaban J connectivity index is 2.18. The van der Waals surface area contributed by atoms with Crippen LogP contribution in [-0.4, -0.2) is 11.5 Å². The van der Waals surface area contributed by atoms with Crippen molar-refractivity contribution in [1.82, 2.24) is 4.98 Å². The standard InChI is InChI=1S/C18H22N2S/c1-12-8-9-13(2)17-16(12)14(6-3-4-10-19)18(20-17)15-7-5-11-21-15/h5,7-9,11,20H,3-4,6,10,19H2,1-2H3. The minimum Gasteiger partial charge on any atom is -0.353 e. The van der Waals surface area contributed by atoms with Gasteiger partial charge in [-0.05, 0) is 67.8 Å². The lowest BCUT2D eigenvalue weighted by molar-refractivity contribution is 0.748. The topological polar surface area (TPSA) is 41.8 Å². The summed E-state index contributed by atoms with van der Waals surface area (Å²) in [5, 5.41) is 3.56. The van der Waals surface area contributed by atoms with E-state index in [0.29, 0.717) is 0 Å². The molecule has 0 amide bonds. The minimum absolute atomic E-state index is 0.773. The Bertz CT molecular complexity index is 738. The van der Waals surface area contributed by atoms with Gasteiger partial charge in [-0.2, -0.15) is 0 Å². The van der Waals surface area contributed by atoms with E-state index in [1.165, 1.54) is 38.2 Å². The highest BCUT2D eigenvalue weighted by Crippen LogP contribution is 2.36. The summed E-state index contributed by atoms with van der Waals surface area (Å²) in [7, 11) is 0. The Kier molecular flexibility index (Phi) is 4.13. The molecule has 0 fully saturated rings. The highest BCUT2D eigenvalue weighted by molar-refractivity contribution is 7.13. The normalized spacial score (nSPS) is 11.4. The van der Waals surface area contributed by atoms with Crippen LogP contribution in [0.1, 0.15) is 29.5 Å². The van der Waals surface area contributed by atoms with Crippen LogP contribution in [0, 0.1) is 13.8 Å². The Hall–Kier alpha value is -1.58. The third-order valence-corrected chi connectivity index (χ3v) is 5.01. The van der Waals surface area contributed by atoms with Crippen LogP contribution in [0.2, 0.25) is 0 Å². The summed E-state index contributed by atoms with van der Waals surface area (Å²) in [6.45, 7) is 5.16. The summed E-state index contributed by atoms with van der Waals surface area (Å²) in [4.78, 5) is 5.01. The molecule has 0 spiro atoms. The van der Waals surface area contributed by atoms with Crippen LogP contribution < -0.4 is 5.73 Å². The van der Waals surface area contributed by atoms with Crippen molar-refractivity contribution < 1.29 is 0 Å². The predicted molar refractivity (Wildman–Crippen MR) is 93.1 cm³/mol. The van der Waals surface area contributed by atoms with Crippen LogP contribution >= 0.6 is 11.3 Å². The first-order chi connectivity index (χ1) is 10.2. The van der Waals surface area contributed by atoms with Crippen molar-refractivity contribution in [1.29, 1.82) is 0 Å². The van der Waals surface area contributed by atoms with E-state index in [-0.39, 0.29) is 0 Å². The van der Waals surface area contributed by atoms with Crippen molar-refractivity contribution in [2.75, 3.05) is 6.54 Å². The Labute approximate surface area is 130 Å². The molecule has 0 aliphatic carbocycles. The summed E-state index contributed by atoms with van der Waals surface area (Å²) < 4.78 is 0. The highest BCUT2D eigenvalue weighted by atomic mass is 32.1. The molecule has 0 bridgehead atoms. The number of benzene rings is 1. The molecule has 2 heterocycles. The summed E-state index contributed by atoms with van der Waals surface area (Å²) in [5.74, 6) is 0. The van der Waals surface area contributed by atoms with Gasteiger partial charge < -0.3 is 10.7 Å². The zero-order valence-electron chi connectivity index (χ0n) is 12.7. The molecule has 21 heavy (non-hydrogen) atoms. The van der Waals surface area contributed by atoms with E-state index in [1.807, 2.05) is 0 Å². The van der Waals surface area contributed by atoms with E-state index >= 15 is 0 Å². The third kappa shape index (κ3) is 2.63. The molecule has 0 saturated heterocycles. The van der Waals surface area contributed by atoms with E-state index in [0.717, 1.165) is 25.8 Å². The fourth-order valence-corrected chi connectivity index (χ4v) is 3.77. The van der Waals surface area contributed by atoms with Crippen molar-refractivity contribution in [2.24, 2.45) is 5.73 Å². The number of nitrogens with one attached hydrogen (secondary N) is 1. The van der Waals surface area contributed by atoms with Gasteiger partial charge in [-0.25, -0.2) is 0 Å². The van der Waals surface area contributed by atoms with Gasteiger partial charge in [0.05, 0.1) is 10.6 Å². The first kappa shape index (κ1) is 14.4. The number of aryl methyl sites for hydroxylation is 3. The predicted octanol–water partition coefficient (Wildman–Crippen LogP) is 4.79. The first-order valence-electron chi connectivity index (χ1n) is 7.57.